The Morgan fingerprint density at radius 2 is 2.12 bits per heavy atom. The maximum Gasteiger partial charge on any atom is 0.221 e. The minimum Gasteiger partial charge on any atom is -0.393 e. The zero-order chi connectivity index (χ0) is 12.9. The molecule has 1 saturated carbocycles. The Labute approximate surface area is 103 Å². The number of carbonyl (C=O) groups is 1. The predicted octanol–water partition coefficient (Wildman–Crippen LogP) is 0.0884. The molecule has 1 fully saturated rings. The summed E-state index contributed by atoms with van der Waals surface area (Å²) in [6.45, 7) is 0.541. The molecule has 0 aliphatic heterocycles. The Hall–Kier alpha value is -0.620. The molecule has 0 bridgehead atoms. The van der Waals surface area contributed by atoms with Crippen LogP contribution in [0.1, 0.15) is 32.1 Å². The summed E-state index contributed by atoms with van der Waals surface area (Å²) in [5.74, 6) is -0.0111. The van der Waals surface area contributed by atoms with Crippen LogP contribution in [0.2, 0.25) is 0 Å². The first kappa shape index (κ1) is 14.4. The van der Waals surface area contributed by atoms with E-state index in [0.717, 1.165) is 31.9 Å². The SMILES string of the molecule is CS(=O)(=O)CCC(=O)NCC1CCCC(O)C1. The van der Waals surface area contributed by atoms with Crippen LogP contribution in [0.5, 0.6) is 0 Å². The Balaban J connectivity index is 2.19. The standard InChI is InChI=1S/C11H21NO4S/c1-17(15,16)6-5-11(14)12-8-9-3-2-4-10(13)7-9/h9-10,13H,2-8H2,1H3,(H,12,14). The highest BCUT2D eigenvalue weighted by Gasteiger charge is 2.20. The molecule has 6 heteroatoms. The molecule has 0 aromatic heterocycles. The Morgan fingerprint density at radius 1 is 1.41 bits per heavy atom. The van der Waals surface area contributed by atoms with Crippen molar-refractivity contribution in [2.75, 3.05) is 18.6 Å². The summed E-state index contributed by atoms with van der Waals surface area (Å²) in [5.41, 5.74) is 0. The second-order valence-electron chi connectivity index (χ2n) is 4.87. The minimum absolute atomic E-state index is 0.0219. The van der Waals surface area contributed by atoms with E-state index in [-0.39, 0.29) is 24.2 Å². The molecule has 0 aromatic carbocycles. The summed E-state index contributed by atoms with van der Waals surface area (Å²) in [6.07, 6.45) is 4.48. The zero-order valence-electron chi connectivity index (χ0n) is 10.2. The van der Waals surface area contributed by atoms with Crippen LogP contribution >= 0.6 is 0 Å². The van der Waals surface area contributed by atoms with Crippen molar-refractivity contribution in [1.29, 1.82) is 0 Å². The van der Waals surface area contributed by atoms with Crippen molar-refractivity contribution in [3.63, 3.8) is 0 Å². The second kappa shape index (κ2) is 6.35. The molecule has 100 valence electrons. The summed E-state index contributed by atoms with van der Waals surface area (Å²) in [6, 6.07) is 0. The number of nitrogens with one attached hydrogen (secondary N) is 1. The first-order valence-corrected chi connectivity index (χ1v) is 8.05. The minimum atomic E-state index is -3.07. The third-order valence-electron chi connectivity index (χ3n) is 3.04. The largest absolute Gasteiger partial charge is 0.393 e. The molecule has 17 heavy (non-hydrogen) atoms. The van der Waals surface area contributed by atoms with Gasteiger partial charge in [0.05, 0.1) is 11.9 Å². The van der Waals surface area contributed by atoms with Crippen LogP contribution in [0.15, 0.2) is 0 Å². The van der Waals surface area contributed by atoms with Crippen molar-refractivity contribution in [3.8, 4) is 0 Å². The summed E-state index contributed by atoms with van der Waals surface area (Å²) >= 11 is 0. The van der Waals surface area contributed by atoms with Gasteiger partial charge in [0, 0.05) is 19.2 Å². The van der Waals surface area contributed by atoms with Crippen LogP contribution in [0, 0.1) is 5.92 Å². The van der Waals surface area contributed by atoms with E-state index < -0.39 is 9.84 Å². The quantitative estimate of drug-likeness (QED) is 0.736. The van der Waals surface area contributed by atoms with Crippen LogP contribution in [0.25, 0.3) is 0 Å². The first-order valence-electron chi connectivity index (χ1n) is 5.99. The third-order valence-corrected chi connectivity index (χ3v) is 3.99. The van der Waals surface area contributed by atoms with Crippen molar-refractivity contribution in [2.24, 2.45) is 5.92 Å². The van der Waals surface area contributed by atoms with E-state index in [9.17, 15) is 18.3 Å². The number of hydrogen-bond acceptors (Lipinski definition) is 4. The predicted molar refractivity (Wildman–Crippen MR) is 65.3 cm³/mol. The summed E-state index contributed by atoms with van der Waals surface area (Å²) in [4.78, 5) is 11.4. The fraction of sp³-hybridized carbons (Fsp3) is 0.909. The van der Waals surface area contributed by atoms with Gasteiger partial charge in [0.1, 0.15) is 9.84 Å². The van der Waals surface area contributed by atoms with Crippen LogP contribution < -0.4 is 5.32 Å². The highest BCUT2D eigenvalue weighted by molar-refractivity contribution is 7.90. The van der Waals surface area contributed by atoms with Crippen molar-refractivity contribution < 1.29 is 18.3 Å². The molecule has 2 N–H and O–H groups in total. The molecule has 2 unspecified atom stereocenters. The third kappa shape index (κ3) is 6.63. The maximum absolute atomic E-state index is 11.4. The number of aliphatic hydroxyl groups is 1. The molecule has 5 nitrogen and oxygen atoms in total. The van der Waals surface area contributed by atoms with E-state index in [0.29, 0.717) is 12.5 Å². The molecular weight excluding hydrogens is 242 g/mol. The molecule has 2 atom stereocenters. The first-order chi connectivity index (χ1) is 7.87. The smallest absolute Gasteiger partial charge is 0.221 e. The summed E-state index contributed by atoms with van der Waals surface area (Å²) in [5, 5.41) is 12.2. The van der Waals surface area contributed by atoms with Crippen LogP contribution in [0.3, 0.4) is 0 Å². The molecule has 0 spiro atoms. The van der Waals surface area contributed by atoms with Crippen molar-refractivity contribution in [2.45, 2.75) is 38.2 Å². The monoisotopic (exact) mass is 263 g/mol. The van der Waals surface area contributed by atoms with E-state index in [4.69, 9.17) is 0 Å². The molecule has 1 aliphatic rings. The van der Waals surface area contributed by atoms with E-state index in [1.807, 2.05) is 0 Å². The average molecular weight is 263 g/mol. The number of rotatable bonds is 5. The highest BCUT2D eigenvalue weighted by Crippen LogP contribution is 2.23. The zero-order valence-corrected chi connectivity index (χ0v) is 11.0. The van der Waals surface area contributed by atoms with Gasteiger partial charge in [-0.1, -0.05) is 6.42 Å². The summed E-state index contributed by atoms with van der Waals surface area (Å²) < 4.78 is 21.7. The molecule has 0 heterocycles. The fourth-order valence-electron chi connectivity index (χ4n) is 2.07. The Bertz CT molecular complexity index is 352. The number of aliphatic hydroxyl groups excluding tert-OH is 1. The molecular formula is C11H21NO4S. The Kier molecular flexibility index (Phi) is 5.39. The average Bonchev–Trinajstić information content (AvgIpc) is 2.23. The van der Waals surface area contributed by atoms with Gasteiger partial charge in [-0.05, 0) is 25.2 Å². The molecule has 1 rings (SSSR count). The molecule has 1 amide bonds. The van der Waals surface area contributed by atoms with Crippen molar-refractivity contribution in [1.82, 2.24) is 5.32 Å². The lowest BCUT2D eigenvalue weighted by molar-refractivity contribution is -0.121. The molecule has 0 saturated heterocycles. The second-order valence-corrected chi connectivity index (χ2v) is 7.13. The summed E-state index contributed by atoms with van der Waals surface area (Å²) in [7, 11) is -3.07. The number of carbonyl (C=O) groups excluding carboxylic acids is 1. The highest BCUT2D eigenvalue weighted by atomic mass is 32.2. The number of sulfone groups is 1. The molecule has 0 radical (unpaired) electrons. The lowest BCUT2D eigenvalue weighted by Crippen LogP contribution is -2.33. The van der Waals surface area contributed by atoms with Crippen molar-refractivity contribution >= 4 is 15.7 Å². The van der Waals surface area contributed by atoms with Crippen molar-refractivity contribution in [3.05, 3.63) is 0 Å². The van der Waals surface area contributed by atoms with Crippen LogP contribution in [0.4, 0.5) is 0 Å². The normalized spacial score (nSPS) is 25.5. The topological polar surface area (TPSA) is 83.5 Å². The van der Waals surface area contributed by atoms with Gasteiger partial charge in [-0.2, -0.15) is 0 Å². The van der Waals surface area contributed by atoms with Gasteiger partial charge in [-0.15, -0.1) is 0 Å². The van der Waals surface area contributed by atoms with Gasteiger partial charge in [0.2, 0.25) is 5.91 Å². The fourth-order valence-corrected chi connectivity index (χ4v) is 2.63. The number of hydrogen-bond donors (Lipinski definition) is 2. The molecule has 0 aromatic rings. The number of amides is 1. The van der Waals surface area contributed by atoms with E-state index in [1.165, 1.54) is 0 Å². The van der Waals surface area contributed by atoms with Gasteiger partial charge in [0.25, 0.3) is 0 Å². The van der Waals surface area contributed by atoms with Crippen LogP contribution in [-0.2, 0) is 14.6 Å². The van der Waals surface area contributed by atoms with Gasteiger partial charge >= 0.3 is 0 Å². The van der Waals surface area contributed by atoms with E-state index in [2.05, 4.69) is 5.32 Å². The lowest BCUT2D eigenvalue weighted by atomic mass is 9.87. The molecule has 1 aliphatic carbocycles. The van der Waals surface area contributed by atoms with Crippen LogP contribution in [-0.4, -0.2) is 44.1 Å². The lowest BCUT2D eigenvalue weighted by Gasteiger charge is -2.25. The van der Waals surface area contributed by atoms with E-state index in [1.54, 1.807) is 0 Å². The van der Waals surface area contributed by atoms with Gasteiger partial charge in [0.15, 0.2) is 0 Å². The van der Waals surface area contributed by atoms with Gasteiger partial charge in [-0.3, -0.25) is 4.79 Å². The van der Waals surface area contributed by atoms with Gasteiger partial charge < -0.3 is 10.4 Å². The maximum atomic E-state index is 11.4. The van der Waals surface area contributed by atoms with Gasteiger partial charge in [-0.25, -0.2) is 8.42 Å². The Morgan fingerprint density at radius 3 is 2.71 bits per heavy atom. The van der Waals surface area contributed by atoms with E-state index >= 15 is 0 Å².